The number of aliphatic hydroxyl groups excluding tert-OH is 3. The number of aromatic hydroxyl groups is 1. The molecule has 1 saturated carbocycles. The minimum atomic E-state index is -2.81. The maximum atomic E-state index is 13.7. The summed E-state index contributed by atoms with van der Waals surface area (Å²) in [7, 11) is 3.00. The molecule has 0 radical (unpaired) electrons. The van der Waals surface area contributed by atoms with Crippen LogP contribution >= 0.6 is 0 Å². The zero-order valence-corrected chi connectivity index (χ0v) is 18.0. The van der Waals surface area contributed by atoms with Crippen LogP contribution in [0.5, 0.6) is 5.75 Å². The Morgan fingerprint density at radius 3 is 2.31 bits per heavy atom. The Morgan fingerprint density at radius 2 is 1.75 bits per heavy atom. The molecule has 9 heteroatoms. The first-order valence-corrected chi connectivity index (χ1v) is 10.2. The van der Waals surface area contributed by atoms with E-state index in [0.29, 0.717) is 5.56 Å². The molecule has 170 valence electrons. The molecule has 0 unspecified atom stereocenters. The third-order valence-electron chi connectivity index (χ3n) is 7.10. The molecule has 0 saturated heterocycles. The summed E-state index contributed by atoms with van der Waals surface area (Å²) in [5, 5.41) is 55.1. The van der Waals surface area contributed by atoms with Gasteiger partial charge in [-0.1, -0.05) is 19.1 Å². The standard InChI is InChI=1S/C23H25NO8/c1-8-10-6-5-7-11(26)14(10)18(27)15-12(8)19(28)16-17(24(3)4)20(29)13(9(2)25)21(30)23(16,32)22(15)31/h5-8,12,16-17,19,26-28,30,32H,1-4H3/t8-,12+,16+,17-,19-,23+/m1/s1. The predicted octanol–water partition coefficient (Wildman–Crippen LogP) is 0.599. The highest BCUT2D eigenvalue weighted by atomic mass is 16.4. The first-order chi connectivity index (χ1) is 14.9. The Morgan fingerprint density at radius 1 is 1.12 bits per heavy atom. The number of Topliss-reactive ketones (excluding diaryl/α,β-unsaturated/α-hetero) is 3. The fourth-order valence-electron chi connectivity index (χ4n) is 5.68. The Labute approximate surface area is 183 Å². The van der Waals surface area contributed by atoms with Crippen molar-refractivity contribution in [2.24, 2.45) is 11.8 Å². The van der Waals surface area contributed by atoms with Gasteiger partial charge in [0.05, 0.1) is 23.6 Å². The first-order valence-electron chi connectivity index (χ1n) is 10.2. The zero-order valence-electron chi connectivity index (χ0n) is 18.0. The highest BCUT2D eigenvalue weighted by molar-refractivity contribution is 6.25. The molecule has 0 heterocycles. The molecule has 0 aromatic heterocycles. The van der Waals surface area contributed by atoms with Crippen LogP contribution in [-0.4, -0.2) is 79.6 Å². The summed E-state index contributed by atoms with van der Waals surface area (Å²) in [6.07, 6.45) is -1.55. The van der Waals surface area contributed by atoms with Crippen LogP contribution in [0.2, 0.25) is 0 Å². The molecule has 5 N–H and O–H groups in total. The predicted molar refractivity (Wildman–Crippen MR) is 112 cm³/mol. The maximum absolute atomic E-state index is 13.7. The number of benzene rings is 1. The number of carbonyl (C=O) groups excluding carboxylic acids is 3. The van der Waals surface area contributed by atoms with E-state index in [4.69, 9.17) is 0 Å². The van der Waals surface area contributed by atoms with E-state index in [2.05, 4.69) is 0 Å². The number of hydrogen-bond acceptors (Lipinski definition) is 9. The van der Waals surface area contributed by atoms with Crippen LogP contribution in [0.15, 0.2) is 35.1 Å². The van der Waals surface area contributed by atoms with E-state index in [1.807, 2.05) is 0 Å². The minimum Gasteiger partial charge on any atom is -0.508 e. The minimum absolute atomic E-state index is 0.000145. The van der Waals surface area contributed by atoms with Gasteiger partial charge in [0.1, 0.15) is 22.8 Å². The van der Waals surface area contributed by atoms with Crippen molar-refractivity contribution in [2.75, 3.05) is 14.1 Å². The van der Waals surface area contributed by atoms with Crippen molar-refractivity contribution in [1.29, 1.82) is 0 Å². The molecule has 4 rings (SSSR count). The third-order valence-corrected chi connectivity index (χ3v) is 7.10. The smallest absolute Gasteiger partial charge is 0.202 e. The summed E-state index contributed by atoms with van der Waals surface area (Å²) < 4.78 is 0. The Kier molecular flexibility index (Phi) is 4.85. The number of aliphatic hydroxyl groups is 4. The van der Waals surface area contributed by atoms with Crippen molar-refractivity contribution in [1.82, 2.24) is 4.90 Å². The topological polar surface area (TPSA) is 156 Å². The van der Waals surface area contributed by atoms with Crippen LogP contribution in [0.3, 0.4) is 0 Å². The molecule has 1 aromatic carbocycles. The molecule has 1 aromatic rings. The quantitative estimate of drug-likeness (QED) is 0.413. The number of phenolic OH excluding ortho intramolecular Hbond substituents is 1. The van der Waals surface area contributed by atoms with Gasteiger partial charge in [0.15, 0.2) is 17.2 Å². The van der Waals surface area contributed by atoms with Crippen LogP contribution in [0, 0.1) is 11.8 Å². The molecule has 1 fully saturated rings. The van der Waals surface area contributed by atoms with Crippen LogP contribution in [0.1, 0.15) is 30.9 Å². The van der Waals surface area contributed by atoms with Crippen LogP contribution in [0.4, 0.5) is 0 Å². The molecule has 6 atom stereocenters. The number of likely N-dealkylation sites (N-methyl/N-ethyl adjacent to an activating group) is 1. The van der Waals surface area contributed by atoms with Gasteiger partial charge >= 0.3 is 0 Å². The highest BCUT2D eigenvalue weighted by Crippen LogP contribution is 2.55. The van der Waals surface area contributed by atoms with Crippen LogP contribution in [-0.2, 0) is 14.4 Å². The van der Waals surface area contributed by atoms with E-state index in [9.17, 15) is 39.9 Å². The molecule has 3 aliphatic carbocycles. The van der Waals surface area contributed by atoms with Crippen molar-refractivity contribution in [3.63, 3.8) is 0 Å². The zero-order chi connectivity index (χ0) is 23.9. The number of ketones is 3. The summed E-state index contributed by atoms with van der Waals surface area (Å²) in [4.78, 5) is 40.3. The lowest BCUT2D eigenvalue weighted by molar-refractivity contribution is -0.169. The summed E-state index contributed by atoms with van der Waals surface area (Å²) in [6.45, 7) is 2.72. The fourth-order valence-corrected chi connectivity index (χ4v) is 5.68. The van der Waals surface area contributed by atoms with Gasteiger partial charge in [-0.05, 0) is 38.6 Å². The van der Waals surface area contributed by atoms with E-state index in [0.717, 1.165) is 6.92 Å². The molecule has 0 bridgehead atoms. The molecule has 0 spiro atoms. The maximum Gasteiger partial charge on any atom is 0.202 e. The van der Waals surface area contributed by atoms with Crippen molar-refractivity contribution in [3.8, 4) is 5.75 Å². The van der Waals surface area contributed by atoms with Crippen molar-refractivity contribution in [3.05, 3.63) is 46.2 Å². The van der Waals surface area contributed by atoms with Gasteiger partial charge in [-0.2, -0.15) is 0 Å². The summed E-state index contributed by atoms with van der Waals surface area (Å²) in [5.41, 5.74) is -3.40. The number of carbonyl (C=O) groups is 3. The Hall–Kier alpha value is -3.01. The summed E-state index contributed by atoms with van der Waals surface area (Å²) in [5.74, 6) is -7.90. The van der Waals surface area contributed by atoms with Gasteiger partial charge < -0.3 is 25.5 Å². The van der Waals surface area contributed by atoms with Crippen molar-refractivity contribution < 1.29 is 39.9 Å². The largest absolute Gasteiger partial charge is 0.508 e. The van der Waals surface area contributed by atoms with E-state index in [1.165, 1.54) is 25.1 Å². The first kappa shape index (κ1) is 22.2. The van der Waals surface area contributed by atoms with Crippen molar-refractivity contribution in [2.45, 2.75) is 37.5 Å². The number of hydrogen-bond donors (Lipinski definition) is 5. The molecule has 32 heavy (non-hydrogen) atoms. The summed E-state index contributed by atoms with van der Waals surface area (Å²) in [6, 6.07) is 3.26. The monoisotopic (exact) mass is 443 g/mol. The lowest BCUT2D eigenvalue weighted by Crippen LogP contribution is -2.70. The van der Waals surface area contributed by atoms with E-state index < -0.39 is 69.9 Å². The molecular formula is C23H25NO8. The number of fused-ring (bicyclic) bond motifs is 3. The SMILES string of the molecule is CC(=O)C1=C(O)[C@]2(O)C(=O)C3=C(O)c4c(O)cccc4[C@@H](C)[C@@H]3[C@@H](O)[C@@H]2[C@@H](N(C)C)C1=O. The second kappa shape index (κ2) is 6.99. The molecular weight excluding hydrogens is 418 g/mol. The lowest BCUT2D eigenvalue weighted by atomic mass is 9.54. The lowest BCUT2D eigenvalue weighted by Gasteiger charge is -2.53. The van der Waals surface area contributed by atoms with Gasteiger partial charge in [0.25, 0.3) is 0 Å². The number of phenols is 1. The van der Waals surface area contributed by atoms with Gasteiger partial charge in [0.2, 0.25) is 5.78 Å². The van der Waals surface area contributed by atoms with Crippen LogP contribution in [0.25, 0.3) is 5.76 Å². The fraction of sp³-hybridized carbons (Fsp3) is 0.435. The Bertz CT molecular complexity index is 1130. The van der Waals surface area contributed by atoms with Crippen molar-refractivity contribution >= 4 is 23.1 Å². The Balaban J connectivity index is 2.07. The van der Waals surface area contributed by atoms with E-state index >= 15 is 0 Å². The normalized spacial score (nSPS) is 34.4. The average Bonchev–Trinajstić information content (AvgIpc) is 2.70. The molecule has 0 aliphatic heterocycles. The highest BCUT2D eigenvalue weighted by Gasteiger charge is 2.68. The molecule has 9 nitrogen and oxygen atoms in total. The second-order valence-corrected chi connectivity index (χ2v) is 8.98. The third kappa shape index (κ3) is 2.52. The van der Waals surface area contributed by atoms with Gasteiger partial charge in [-0.15, -0.1) is 0 Å². The number of rotatable bonds is 2. The summed E-state index contributed by atoms with van der Waals surface area (Å²) >= 11 is 0. The van der Waals surface area contributed by atoms with E-state index in [1.54, 1.807) is 19.1 Å². The van der Waals surface area contributed by atoms with E-state index in [-0.39, 0.29) is 16.9 Å². The average molecular weight is 443 g/mol. The second-order valence-electron chi connectivity index (χ2n) is 8.98. The van der Waals surface area contributed by atoms with Gasteiger partial charge in [-0.25, -0.2) is 0 Å². The van der Waals surface area contributed by atoms with Crippen LogP contribution < -0.4 is 0 Å². The molecule has 3 aliphatic rings. The van der Waals surface area contributed by atoms with Gasteiger partial charge in [-0.3, -0.25) is 19.3 Å². The number of nitrogens with zero attached hydrogens (tertiary/aromatic N) is 1. The van der Waals surface area contributed by atoms with Gasteiger partial charge in [0, 0.05) is 11.5 Å². The molecule has 0 amide bonds.